The lowest BCUT2D eigenvalue weighted by Crippen LogP contribution is -2.22. The summed E-state index contributed by atoms with van der Waals surface area (Å²) in [5.41, 5.74) is 1.87. The lowest BCUT2D eigenvalue weighted by atomic mass is 10.1. The molecule has 0 aliphatic heterocycles. The van der Waals surface area contributed by atoms with Crippen molar-refractivity contribution in [2.45, 2.75) is 19.8 Å². The number of benzene rings is 2. The van der Waals surface area contributed by atoms with Crippen LogP contribution < -0.4 is 5.56 Å². The van der Waals surface area contributed by atoms with Gasteiger partial charge in [-0.3, -0.25) is 4.79 Å². The normalized spacial score (nSPS) is 11.2. The zero-order valence-corrected chi connectivity index (χ0v) is 17.8. The molecule has 30 heavy (non-hydrogen) atoms. The third-order valence-electron chi connectivity index (χ3n) is 4.57. The molecule has 0 fully saturated rings. The molecule has 0 radical (unpaired) electrons. The molecule has 0 atom stereocenters. The number of nitrogens with zero attached hydrogens (tertiary/aromatic N) is 4. The average Bonchev–Trinajstić information content (AvgIpc) is 3.23. The molecular formula is C23H17BrN4O2. The molecular weight excluding hydrogens is 444 g/mol. The van der Waals surface area contributed by atoms with Gasteiger partial charge in [0.15, 0.2) is 0 Å². The smallest absolute Gasteiger partial charge is 0.282 e. The summed E-state index contributed by atoms with van der Waals surface area (Å²) in [4.78, 5) is 17.6. The van der Waals surface area contributed by atoms with E-state index in [1.54, 1.807) is 24.3 Å². The molecule has 2 aromatic heterocycles. The molecule has 0 amide bonds. The van der Waals surface area contributed by atoms with E-state index in [9.17, 15) is 4.79 Å². The Hall–Kier alpha value is -3.50. The van der Waals surface area contributed by atoms with Crippen LogP contribution in [-0.2, 0) is 6.42 Å². The molecule has 0 spiro atoms. The lowest BCUT2D eigenvalue weighted by Gasteiger charge is -2.08. The van der Waals surface area contributed by atoms with E-state index in [0.717, 1.165) is 16.5 Å². The van der Waals surface area contributed by atoms with Crippen LogP contribution in [0.15, 0.2) is 73.4 Å². The Labute approximate surface area is 181 Å². The van der Waals surface area contributed by atoms with Crippen molar-refractivity contribution in [3.05, 3.63) is 86.6 Å². The fourth-order valence-corrected chi connectivity index (χ4v) is 3.46. The summed E-state index contributed by atoms with van der Waals surface area (Å²) in [5.74, 6) is 1.77. The fraction of sp³-hybridized carbons (Fsp3) is 0.130. The number of hydrogen-bond donors (Lipinski definition) is 0. The van der Waals surface area contributed by atoms with Crippen LogP contribution in [-0.4, -0.2) is 15.9 Å². The second-order valence-corrected chi connectivity index (χ2v) is 7.61. The quantitative estimate of drug-likeness (QED) is 0.386. The first kappa shape index (κ1) is 19.8. The van der Waals surface area contributed by atoms with Crippen LogP contribution in [0.3, 0.4) is 0 Å². The van der Waals surface area contributed by atoms with Crippen LogP contribution >= 0.6 is 15.9 Å². The molecule has 2 heterocycles. The van der Waals surface area contributed by atoms with Crippen LogP contribution in [0.5, 0.6) is 0 Å². The molecule has 7 heteroatoms. The second kappa shape index (κ2) is 8.47. The van der Waals surface area contributed by atoms with Gasteiger partial charge in [0.1, 0.15) is 17.3 Å². The third kappa shape index (κ3) is 3.95. The van der Waals surface area contributed by atoms with E-state index < -0.39 is 0 Å². The van der Waals surface area contributed by atoms with Crippen LogP contribution in [0.2, 0.25) is 0 Å². The van der Waals surface area contributed by atoms with Gasteiger partial charge in [-0.25, -0.2) is 4.98 Å². The number of fused-ring (bicyclic) bond motifs is 1. The molecule has 148 valence electrons. The molecule has 6 nitrogen and oxygen atoms in total. The zero-order chi connectivity index (χ0) is 21.1. The highest BCUT2D eigenvalue weighted by molar-refractivity contribution is 9.10. The van der Waals surface area contributed by atoms with Gasteiger partial charge in [-0.15, -0.1) is 0 Å². The first-order valence-electron chi connectivity index (χ1n) is 9.45. The topological polar surface area (TPSA) is 84.2 Å². The lowest BCUT2D eigenvalue weighted by molar-refractivity contribution is 0.573. The summed E-state index contributed by atoms with van der Waals surface area (Å²) in [6.45, 7) is 2.03. The van der Waals surface area contributed by atoms with E-state index in [1.807, 2.05) is 37.3 Å². The molecule has 0 aliphatic rings. The highest BCUT2D eigenvalue weighted by Crippen LogP contribution is 2.22. The van der Waals surface area contributed by atoms with Crippen molar-refractivity contribution in [1.29, 1.82) is 5.26 Å². The minimum absolute atomic E-state index is 0.222. The average molecular weight is 461 g/mol. The van der Waals surface area contributed by atoms with Gasteiger partial charge < -0.3 is 4.42 Å². The maximum absolute atomic E-state index is 13.0. The number of rotatable bonds is 5. The minimum atomic E-state index is -0.222. The van der Waals surface area contributed by atoms with Crippen LogP contribution in [0.1, 0.15) is 30.5 Å². The molecule has 2 aromatic carbocycles. The van der Waals surface area contributed by atoms with E-state index in [0.29, 0.717) is 40.2 Å². The second-order valence-electron chi connectivity index (χ2n) is 6.69. The molecule has 4 aromatic rings. The van der Waals surface area contributed by atoms with Crippen LogP contribution in [0.25, 0.3) is 22.2 Å². The number of aromatic nitrogens is 2. The Morgan fingerprint density at radius 1 is 1.20 bits per heavy atom. The van der Waals surface area contributed by atoms with E-state index >= 15 is 0 Å². The number of hydrogen-bond acceptors (Lipinski definition) is 5. The highest BCUT2D eigenvalue weighted by atomic mass is 79.9. The van der Waals surface area contributed by atoms with Crippen molar-refractivity contribution in [3.63, 3.8) is 0 Å². The van der Waals surface area contributed by atoms with E-state index in [4.69, 9.17) is 9.68 Å². The van der Waals surface area contributed by atoms with Gasteiger partial charge in [0, 0.05) is 16.5 Å². The van der Waals surface area contributed by atoms with E-state index in [1.165, 1.54) is 10.9 Å². The van der Waals surface area contributed by atoms with E-state index in [2.05, 4.69) is 32.1 Å². The maximum atomic E-state index is 13.0. The van der Waals surface area contributed by atoms with Crippen molar-refractivity contribution in [2.75, 3.05) is 0 Å². The number of furan rings is 1. The van der Waals surface area contributed by atoms with Crippen molar-refractivity contribution in [2.24, 2.45) is 5.10 Å². The predicted octanol–water partition coefficient (Wildman–Crippen LogP) is 5.13. The minimum Gasteiger partial charge on any atom is -0.455 e. The van der Waals surface area contributed by atoms with Gasteiger partial charge >= 0.3 is 0 Å². The summed E-state index contributed by atoms with van der Waals surface area (Å²) in [7, 11) is 0. The molecule has 0 aliphatic carbocycles. The molecule has 0 unspecified atom stereocenters. The molecule has 0 saturated carbocycles. The summed E-state index contributed by atoms with van der Waals surface area (Å²) in [6, 6.07) is 18.3. The SMILES string of the molecule is CCCc1nc2ccc(Br)cc2c(=O)n1N=Cc1ccc(-c2ccc(C#N)cc2)o1. The van der Waals surface area contributed by atoms with Crippen molar-refractivity contribution in [3.8, 4) is 17.4 Å². The fourth-order valence-electron chi connectivity index (χ4n) is 3.10. The number of halogens is 1. The van der Waals surface area contributed by atoms with Gasteiger partial charge in [-0.1, -0.05) is 22.9 Å². The Morgan fingerprint density at radius 3 is 2.73 bits per heavy atom. The van der Waals surface area contributed by atoms with Gasteiger partial charge in [0.2, 0.25) is 0 Å². The summed E-state index contributed by atoms with van der Waals surface area (Å²) >= 11 is 3.40. The maximum Gasteiger partial charge on any atom is 0.282 e. The summed E-state index contributed by atoms with van der Waals surface area (Å²) < 4.78 is 7.98. The first-order chi connectivity index (χ1) is 14.6. The molecule has 4 rings (SSSR count). The first-order valence-corrected chi connectivity index (χ1v) is 10.2. The van der Waals surface area contributed by atoms with Gasteiger partial charge in [0.05, 0.1) is 28.8 Å². The Morgan fingerprint density at radius 2 is 2.00 bits per heavy atom. The Balaban J connectivity index is 1.70. The molecule has 0 N–H and O–H groups in total. The van der Waals surface area contributed by atoms with Crippen LogP contribution in [0, 0.1) is 11.3 Å². The molecule has 0 bridgehead atoms. The Bertz CT molecular complexity index is 1340. The molecule has 0 saturated heterocycles. The standard InChI is InChI=1S/C23H17BrN4O2/c1-2-3-22-27-20-10-8-17(24)12-19(20)23(29)28(22)26-14-18-9-11-21(30-18)16-6-4-15(13-25)5-7-16/h4-12,14H,2-3H2,1H3. The summed E-state index contributed by atoms with van der Waals surface area (Å²) in [6.07, 6.45) is 2.99. The van der Waals surface area contributed by atoms with Gasteiger partial charge in [-0.2, -0.15) is 15.0 Å². The van der Waals surface area contributed by atoms with Crippen molar-refractivity contribution >= 4 is 33.0 Å². The van der Waals surface area contributed by atoms with Gasteiger partial charge in [0.25, 0.3) is 5.56 Å². The predicted molar refractivity (Wildman–Crippen MR) is 120 cm³/mol. The van der Waals surface area contributed by atoms with Gasteiger partial charge in [-0.05, 0) is 61.0 Å². The van der Waals surface area contributed by atoms with Crippen molar-refractivity contribution < 1.29 is 4.42 Å². The largest absolute Gasteiger partial charge is 0.455 e. The number of aryl methyl sites for hydroxylation is 1. The highest BCUT2D eigenvalue weighted by Gasteiger charge is 2.11. The van der Waals surface area contributed by atoms with E-state index in [-0.39, 0.29) is 5.56 Å². The monoisotopic (exact) mass is 460 g/mol. The Kier molecular flexibility index (Phi) is 5.59. The van der Waals surface area contributed by atoms with Crippen molar-refractivity contribution in [1.82, 2.24) is 9.66 Å². The number of nitriles is 1. The third-order valence-corrected chi connectivity index (χ3v) is 5.07. The summed E-state index contributed by atoms with van der Waals surface area (Å²) in [5, 5.41) is 13.8. The van der Waals surface area contributed by atoms with Crippen LogP contribution in [0.4, 0.5) is 0 Å². The zero-order valence-electron chi connectivity index (χ0n) is 16.2.